The molecule has 1 saturated carbocycles. The van der Waals surface area contributed by atoms with Crippen molar-refractivity contribution in [2.45, 2.75) is 50.9 Å². The first-order valence-electron chi connectivity index (χ1n) is 8.52. The van der Waals surface area contributed by atoms with Gasteiger partial charge in [-0.15, -0.1) is 0 Å². The van der Waals surface area contributed by atoms with Gasteiger partial charge in [0.05, 0.1) is 18.2 Å². The van der Waals surface area contributed by atoms with Crippen LogP contribution in [0.2, 0.25) is 0 Å². The van der Waals surface area contributed by atoms with Gasteiger partial charge in [0.2, 0.25) is 0 Å². The minimum atomic E-state index is 0.406. The van der Waals surface area contributed by atoms with Gasteiger partial charge in [-0.25, -0.2) is 0 Å². The van der Waals surface area contributed by atoms with Crippen molar-refractivity contribution in [3.63, 3.8) is 0 Å². The average molecular weight is 294 g/mol. The zero-order valence-electron chi connectivity index (χ0n) is 13.7. The maximum absolute atomic E-state index is 5.86. The number of ether oxygens (including phenoxy) is 2. The second-order valence-electron chi connectivity index (χ2n) is 7.11. The van der Waals surface area contributed by atoms with E-state index in [0.717, 1.165) is 12.8 Å². The SMILES string of the molecule is COC1CCN(CC2C(OC)CC(C)C3N=CCC23)CC1. The Kier molecular flexibility index (Phi) is 4.97. The molecule has 21 heavy (non-hydrogen) atoms. The van der Waals surface area contributed by atoms with Crippen molar-refractivity contribution in [2.75, 3.05) is 33.9 Å². The van der Waals surface area contributed by atoms with Gasteiger partial charge in [-0.1, -0.05) is 6.92 Å². The van der Waals surface area contributed by atoms with E-state index in [1.165, 1.54) is 32.5 Å². The third kappa shape index (κ3) is 3.17. The molecule has 2 aliphatic heterocycles. The quantitative estimate of drug-likeness (QED) is 0.797. The maximum atomic E-state index is 5.86. The summed E-state index contributed by atoms with van der Waals surface area (Å²) in [7, 11) is 3.72. The second kappa shape index (κ2) is 6.76. The van der Waals surface area contributed by atoms with Crippen molar-refractivity contribution >= 4 is 6.21 Å². The molecule has 3 aliphatic rings. The summed E-state index contributed by atoms with van der Waals surface area (Å²) in [5, 5.41) is 0. The highest BCUT2D eigenvalue weighted by molar-refractivity contribution is 5.61. The van der Waals surface area contributed by atoms with Gasteiger partial charge in [0.1, 0.15) is 0 Å². The molecule has 0 aromatic rings. The van der Waals surface area contributed by atoms with Crippen molar-refractivity contribution in [2.24, 2.45) is 22.7 Å². The zero-order valence-corrected chi connectivity index (χ0v) is 13.7. The summed E-state index contributed by atoms with van der Waals surface area (Å²) in [4.78, 5) is 7.38. The van der Waals surface area contributed by atoms with Crippen molar-refractivity contribution in [1.82, 2.24) is 4.90 Å². The maximum Gasteiger partial charge on any atom is 0.0618 e. The molecule has 0 spiro atoms. The standard InChI is InChI=1S/C17H30N2O2/c1-12-10-16(21-3)15(14-4-7-18-17(12)14)11-19-8-5-13(20-2)6-9-19/h7,12-17H,4-6,8-11H2,1-3H3. The molecule has 3 rings (SSSR count). The predicted molar refractivity (Wildman–Crippen MR) is 84.9 cm³/mol. The van der Waals surface area contributed by atoms with E-state index in [1.54, 1.807) is 0 Å². The van der Waals surface area contributed by atoms with Crippen LogP contribution in [-0.4, -0.2) is 63.2 Å². The number of rotatable bonds is 4. The molecule has 0 N–H and O–H groups in total. The van der Waals surface area contributed by atoms with Gasteiger partial charge in [0.25, 0.3) is 0 Å². The number of hydrogen-bond donors (Lipinski definition) is 0. The number of piperidine rings is 1. The fraction of sp³-hybridized carbons (Fsp3) is 0.941. The third-order valence-corrected chi connectivity index (χ3v) is 5.95. The summed E-state index contributed by atoms with van der Waals surface area (Å²) in [6.07, 6.45) is 7.68. The number of methoxy groups -OCH3 is 2. The van der Waals surface area contributed by atoms with E-state index in [2.05, 4.69) is 18.0 Å². The fourth-order valence-electron chi connectivity index (χ4n) is 4.66. The summed E-state index contributed by atoms with van der Waals surface area (Å²) in [5.41, 5.74) is 0. The van der Waals surface area contributed by atoms with Crippen molar-refractivity contribution < 1.29 is 9.47 Å². The lowest BCUT2D eigenvalue weighted by Crippen LogP contribution is -2.50. The lowest BCUT2D eigenvalue weighted by Gasteiger charge is -2.44. The molecule has 2 heterocycles. The molecule has 120 valence electrons. The Morgan fingerprint density at radius 1 is 1.19 bits per heavy atom. The number of hydrogen-bond acceptors (Lipinski definition) is 4. The lowest BCUT2D eigenvalue weighted by atomic mass is 9.69. The van der Waals surface area contributed by atoms with Gasteiger partial charge in [-0.3, -0.25) is 4.99 Å². The fourth-order valence-corrected chi connectivity index (χ4v) is 4.66. The molecule has 4 nitrogen and oxygen atoms in total. The van der Waals surface area contributed by atoms with E-state index in [1.807, 2.05) is 14.2 Å². The van der Waals surface area contributed by atoms with E-state index in [-0.39, 0.29) is 0 Å². The molecular weight excluding hydrogens is 264 g/mol. The predicted octanol–water partition coefficient (Wildman–Crippen LogP) is 2.23. The highest BCUT2D eigenvalue weighted by Crippen LogP contribution is 2.42. The molecule has 1 aliphatic carbocycles. The van der Waals surface area contributed by atoms with Crippen LogP contribution in [-0.2, 0) is 9.47 Å². The van der Waals surface area contributed by atoms with Crippen molar-refractivity contribution in [3.05, 3.63) is 0 Å². The van der Waals surface area contributed by atoms with Crippen LogP contribution in [0.1, 0.15) is 32.6 Å². The van der Waals surface area contributed by atoms with Gasteiger partial charge < -0.3 is 14.4 Å². The molecular formula is C17H30N2O2. The number of nitrogens with zero attached hydrogens (tertiary/aromatic N) is 2. The Labute approximate surface area is 128 Å². The Hall–Kier alpha value is -0.450. The highest BCUT2D eigenvalue weighted by atomic mass is 16.5. The van der Waals surface area contributed by atoms with Gasteiger partial charge in [0, 0.05) is 39.8 Å². The first-order valence-corrected chi connectivity index (χ1v) is 8.52. The summed E-state index contributed by atoms with van der Waals surface area (Å²) in [5.74, 6) is 1.99. The Balaban J connectivity index is 1.62. The number of fused-ring (bicyclic) bond motifs is 1. The Morgan fingerprint density at radius 2 is 1.95 bits per heavy atom. The average Bonchev–Trinajstić information content (AvgIpc) is 3.00. The Morgan fingerprint density at radius 3 is 2.62 bits per heavy atom. The largest absolute Gasteiger partial charge is 0.381 e. The lowest BCUT2D eigenvalue weighted by molar-refractivity contribution is -0.0464. The monoisotopic (exact) mass is 294 g/mol. The van der Waals surface area contributed by atoms with E-state index >= 15 is 0 Å². The molecule has 0 radical (unpaired) electrons. The van der Waals surface area contributed by atoms with Crippen LogP contribution in [0.4, 0.5) is 0 Å². The summed E-state index contributed by atoms with van der Waals surface area (Å²) >= 11 is 0. The second-order valence-corrected chi connectivity index (χ2v) is 7.11. The highest BCUT2D eigenvalue weighted by Gasteiger charge is 2.45. The summed E-state index contributed by atoms with van der Waals surface area (Å²) < 4.78 is 11.3. The van der Waals surface area contributed by atoms with Crippen LogP contribution >= 0.6 is 0 Å². The van der Waals surface area contributed by atoms with Crippen LogP contribution in [0.5, 0.6) is 0 Å². The minimum Gasteiger partial charge on any atom is -0.381 e. The minimum absolute atomic E-state index is 0.406. The molecule has 5 atom stereocenters. The Bertz CT molecular complexity index is 366. The van der Waals surface area contributed by atoms with E-state index in [4.69, 9.17) is 14.5 Å². The van der Waals surface area contributed by atoms with Crippen LogP contribution < -0.4 is 0 Å². The molecule has 2 fully saturated rings. The molecule has 5 unspecified atom stereocenters. The van der Waals surface area contributed by atoms with Crippen LogP contribution in [0.3, 0.4) is 0 Å². The molecule has 0 bridgehead atoms. The van der Waals surface area contributed by atoms with Gasteiger partial charge >= 0.3 is 0 Å². The van der Waals surface area contributed by atoms with E-state index in [0.29, 0.717) is 36.0 Å². The number of aliphatic imine (C=N–C) groups is 1. The van der Waals surface area contributed by atoms with Crippen LogP contribution in [0.15, 0.2) is 4.99 Å². The summed E-state index contributed by atoms with van der Waals surface area (Å²) in [6.45, 7) is 5.84. The smallest absolute Gasteiger partial charge is 0.0618 e. The van der Waals surface area contributed by atoms with E-state index in [9.17, 15) is 0 Å². The van der Waals surface area contributed by atoms with Crippen molar-refractivity contribution in [1.29, 1.82) is 0 Å². The molecule has 0 amide bonds. The molecule has 0 aromatic carbocycles. The summed E-state index contributed by atoms with van der Waals surface area (Å²) in [6, 6.07) is 0.540. The van der Waals surface area contributed by atoms with Gasteiger partial charge in [-0.05, 0) is 43.7 Å². The van der Waals surface area contributed by atoms with Gasteiger partial charge in [-0.2, -0.15) is 0 Å². The molecule has 1 saturated heterocycles. The molecule has 0 aromatic heterocycles. The third-order valence-electron chi connectivity index (χ3n) is 5.95. The topological polar surface area (TPSA) is 34.1 Å². The number of likely N-dealkylation sites (tertiary alicyclic amines) is 1. The zero-order chi connectivity index (χ0) is 14.8. The first kappa shape index (κ1) is 15.4. The van der Waals surface area contributed by atoms with E-state index < -0.39 is 0 Å². The van der Waals surface area contributed by atoms with Crippen LogP contribution in [0.25, 0.3) is 0 Å². The van der Waals surface area contributed by atoms with Gasteiger partial charge in [0.15, 0.2) is 0 Å². The van der Waals surface area contributed by atoms with Crippen molar-refractivity contribution in [3.8, 4) is 0 Å². The van der Waals surface area contributed by atoms with Crippen LogP contribution in [0, 0.1) is 17.8 Å². The molecule has 4 heteroatoms. The first-order chi connectivity index (χ1) is 10.2. The normalized spacial score (nSPS) is 41.4.